The Labute approximate surface area is 219 Å². The van der Waals surface area contributed by atoms with E-state index in [-0.39, 0.29) is 5.82 Å². The predicted molar refractivity (Wildman–Crippen MR) is 148 cm³/mol. The molecule has 2 saturated heterocycles. The van der Waals surface area contributed by atoms with Crippen molar-refractivity contribution in [1.29, 1.82) is 0 Å². The third-order valence-corrected chi connectivity index (χ3v) is 8.43. The van der Waals surface area contributed by atoms with Crippen LogP contribution in [0, 0.1) is 11.7 Å². The van der Waals surface area contributed by atoms with E-state index in [0.717, 1.165) is 42.5 Å². The Balaban J connectivity index is 1.05. The summed E-state index contributed by atoms with van der Waals surface area (Å²) in [5, 5.41) is 0. The van der Waals surface area contributed by atoms with E-state index < -0.39 is 0 Å². The van der Waals surface area contributed by atoms with Crippen LogP contribution in [0.5, 0.6) is 0 Å². The molecule has 3 heterocycles. The molecule has 2 fully saturated rings. The normalized spacial score (nSPS) is 18.5. The van der Waals surface area contributed by atoms with Crippen molar-refractivity contribution in [1.82, 2.24) is 19.4 Å². The van der Waals surface area contributed by atoms with E-state index >= 15 is 0 Å². The van der Waals surface area contributed by atoms with Crippen molar-refractivity contribution < 1.29 is 4.39 Å². The smallest absolute Gasteiger partial charge is 0.123 e. The highest BCUT2D eigenvalue weighted by Gasteiger charge is 2.29. The first-order chi connectivity index (χ1) is 18.2. The SMILES string of the molecule is Fc1ccc(Cn2c(CC3CCN(C4CCN(Cc5ccccc5)CC4)CC3)nc3ccccc32)cc1. The van der Waals surface area contributed by atoms with E-state index in [1.165, 1.54) is 62.9 Å². The van der Waals surface area contributed by atoms with Crippen molar-refractivity contribution in [2.75, 3.05) is 26.2 Å². The number of para-hydroxylation sites is 2. The number of rotatable bonds is 7. The highest BCUT2D eigenvalue weighted by Crippen LogP contribution is 2.28. The van der Waals surface area contributed by atoms with Crippen molar-refractivity contribution in [2.24, 2.45) is 5.92 Å². The predicted octanol–water partition coefficient (Wildman–Crippen LogP) is 6.14. The van der Waals surface area contributed by atoms with Crippen LogP contribution in [-0.2, 0) is 19.5 Å². The number of nitrogens with zero attached hydrogens (tertiary/aromatic N) is 4. The first kappa shape index (κ1) is 24.3. The Hall–Kier alpha value is -3.02. The molecule has 0 bridgehead atoms. The molecule has 4 nitrogen and oxygen atoms in total. The van der Waals surface area contributed by atoms with Crippen molar-refractivity contribution >= 4 is 11.0 Å². The Morgan fingerprint density at radius 1 is 0.703 bits per heavy atom. The molecular weight excluding hydrogens is 459 g/mol. The van der Waals surface area contributed by atoms with Crippen LogP contribution < -0.4 is 0 Å². The molecule has 2 aliphatic rings. The summed E-state index contributed by atoms with van der Waals surface area (Å²) in [5.41, 5.74) is 4.76. The van der Waals surface area contributed by atoms with E-state index in [9.17, 15) is 4.39 Å². The zero-order valence-corrected chi connectivity index (χ0v) is 21.6. The molecule has 3 aromatic carbocycles. The highest BCUT2D eigenvalue weighted by molar-refractivity contribution is 5.76. The number of halogens is 1. The summed E-state index contributed by atoms with van der Waals surface area (Å²) in [6, 6.07) is 26.9. The van der Waals surface area contributed by atoms with Crippen LogP contribution in [0.4, 0.5) is 4.39 Å². The Morgan fingerprint density at radius 2 is 1.38 bits per heavy atom. The van der Waals surface area contributed by atoms with Crippen LogP contribution in [0.3, 0.4) is 0 Å². The summed E-state index contributed by atoms with van der Waals surface area (Å²) < 4.78 is 15.8. The molecule has 0 atom stereocenters. The maximum atomic E-state index is 13.5. The van der Waals surface area contributed by atoms with Gasteiger partial charge in [-0.05, 0) is 93.2 Å². The van der Waals surface area contributed by atoms with Gasteiger partial charge >= 0.3 is 0 Å². The molecule has 6 rings (SSSR count). The first-order valence-corrected chi connectivity index (χ1v) is 13.9. The molecule has 1 aromatic heterocycles. The van der Waals surface area contributed by atoms with E-state index in [1.54, 1.807) is 12.1 Å². The van der Waals surface area contributed by atoms with Gasteiger partial charge in [0.15, 0.2) is 0 Å². The molecule has 4 aromatic rings. The molecule has 5 heteroatoms. The van der Waals surface area contributed by atoms with Gasteiger partial charge in [-0.25, -0.2) is 9.37 Å². The van der Waals surface area contributed by atoms with Crippen LogP contribution in [0.25, 0.3) is 11.0 Å². The number of fused-ring (bicyclic) bond motifs is 1. The monoisotopic (exact) mass is 496 g/mol. The van der Waals surface area contributed by atoms with Crippen molar-refractivity contribution in [3.8, 4) is 0 Å². The molecule has 2 aliphatic heterocycles. The van der Waals surface area contributed by atoms with E-state index in [2.05, 4.69) is 69.0 Å². The molecule has 192 valence electrons. The van der Waals surface area contributed by atoms with Gasteiger partial charge in [0.2, 0.25) is 0 Å². The topological polar surface area (TPSA) is 24.3 Å². The number of piperidine rings is 2. The van der Waals surface area contributed by atoms with Crippen LogP contribution in [0.15, 0.2) is 78.9 Å². The van der Waals surface area contributed by atoms with Crippen LogP contribution >= 0.6 is 0 Å². The minimum absolute atomic E-state index is 0.187. The van der Waals surface area contributed by atoms with Crippen LogP contribution in [0.1, 0.15) is 42.6 Å². The van der Waals surface area contributed by atoms with Gasteiger partial charge in [-0.1, -0.05) is 54.6 Å². The highest BCUT2D eigenvalue weighted by atomic mass is 19.1. The molecule has 37 heavy (non-hydrogen) atoms. The molecule has 0 amide bonds. The lowest BCUT2D eigenvalue weighted by Gasteiger charge is -2.42. The van der Waals surface area contributed by atoms with Crippen LogP contribution in [0.2, 0.25) is 0 Å². The van der Waals surface area contributed by atoms with Gasteiger partial charge in [-0.2, -0.15) is 0 Å². The largest absolute Gasteiger partial charge is 0.323 e. The molecule has 0 radical (unpaired) electrons. The molecule has 0 unspecified atom stereocenters. The summed E-state index contributed by atoms with van der Waals surface area (Å²) in [4.78, 5) is 10.4. The Morgan fingerprint density at radius 3 is 2.14 bits per heavy atom. The van der Waals surface area contributed by atoms with Crippen LogP contribution in [-0.4, -0.2) is 51.6 Å². The number of hydrogen-bond acceptors (Lipinski definition) is 3. The standard InChI is InChI=1S/C32H37FN4/c33-28-12-10-27(11-13-28)24-37-31-9-5-4-8-30(31)34-32(37)22-25-14-20-36(21-15-25)29-16-18-35(19-17-29)23-26-6-2-1-3-7-26/h1-13,25,29H,14-24H2. The van der Waals surface area contributed by atoms with Crippen molar-refractivity contribution in [2.45, 2.75) is 51.2 Å². The number of likely N-dealkylation sites (tertiary alicyclic amines) is 2. The molecule has 0 aliphatic carbocycles. The Bertz CT molecular complexity index is 1280. The average molecular weight is 497 g/mol. The molecule has 0 spiro atoms. The van der Waals surface area contributed by atoms with Gasteiger partial charge in [0, 0.05) is 25.6 Å². The van der Waals surface area contributed by atoms with E-state index in [1.807, 2.05) is 12.1 Å². The van der Waals surface area contributed by atoms with Gasteiger partial charge in [-0.15, -0.1) is 0 Å². The summed E-state index contributed by atoms with van der Waals surface area (Å²) in [6.07, 6.45) is 6.06. The second-order valence-corrected chi connectivity index (χ2v) is 10.9. The molecular formula is C32H37FN4. The quantitative estimate of drug-likeness (QED) is 0.307. The molecule has 0 N–H and O–H groups in total. The summed E-state index contributed by atoms with van der Waals surface area (Å²) in [5.74, 6) is 1.64. The lowest BCUT2D eigenvalue weighted by Crippen LogP contribution is -2.47. The lowest BCUT2D eigenvalue weighted by molar-refractivity contribution is 0.0749. The maximum absolute atomic E-state index is 13.5. The van der Waals surface area contributed by atoms with Gasteiger partial charge in [-0.3, -0.25) is 4.90 Å². The average Bonchev–Trinajstić information content (AvgIpc) is 3.28. The number of hydrogen-bond donors (Lipinski definition) is 0. The number of benzene rings is 3. The number of aromatic nitrogens is 2. The first-order valence-electron chi connectivity index (χ1n) is 13.9. The Kier molecular flexibility index (Phi) is 7.34. The maximum Gasteiger partial charge on any atom is 0.123 e. The third kappa shape index (κ3) is 5.78. The third-order valence-electron chi connectivity index (χ3n) is 8.43. The summed E-state index contributed by atoms with van der Waals surface area (Å²) in [7, 11) is 0. The lowest BCUT2D eigenvalue weighted by atomic mass is 9.91. The zero-order chi connectivity index (χ0) is 25.0. The fraction of sp³-hybridized carbons (Fsp3) is 0.406. The summed E-state index contributed by atoms with van der Waals surface area (Å²) >= 11 is 0. The van der Waals surface area contributed by atoms with E-state index in [4.69, 9.17) is 4.98 Å². The fourth-order valence-electron chi connectivity index (χ4n) is 6.29. The minimum Gasteiger partial charge on any atom is -0.323 e. The van der Waals surface area contributed by atoms with Crippen molar-refractivity contribution in [3.05, 3.63) is 102 Å². The second-order valence-electron chi connectivity index (χ2n) is 10.9. The van der Waals surface area contributed by atoms with Crippen molar-refractivity contribution in [3.63, 3.8) is 0 Å². The number of imidazole rings is 1. The van der Waals surface area contributed by atoms with Gasteiger partial charge < -0.3 is 9.47 Å². The zero-order valence-electron chi connectivity index (χ0n) is 21.6. The summed E-state index contributed by atoms with van der Waals surface area (Å²) in [6.45, 7) is 6.61. The van der Waals surface area contributed by atoms with Gasteiger partial charge in [0.05, 0.1) is 11.0 Å². The van der Waals surface area contributed by atoms with E-state index in [0.29, 0.717) is 5.92 Å². The molecule has 0 saturated carbocycles. The van der Waals surface area contributed by atoms with Gasteiger partial charge in [0.25, 0.3) is 0 Å². The fourth-order valence-corrected chi connectivity index (χ4v) is 6.29. The second kappa shape index (κ2) is 11.2. The minimum atomic E-state index is -0.187. The van der Waals surface area contributed by atoms with Gasteiger partial charge in [0.1, 0.15) is 11.6 Å².